The Morgan fingerprint density at radius 2 is 2.08 bits per heavy atom. The second-order valence-electron chi connectivity index (χ2n) is 2.93. The number of guanidine groups is 1. The average Bonchev–Trinajstić information content (AvgIpc) is 2.09. The quantitative estimate of drug-likeness (QED) is 0.256. The molecular formula is C9H14N4. The molecule has 0 radical (unpaired) electrons. The van der Waals surface area contributed by atoms with Crippen LogP contribution in [0.5, 0.6) is 0 Å². The Kier molecular flexibility index (Phi) is 2.87. The third-order valence-corrected chi connectivity index (χ3v) is 1.74. The monoisotopic (exact) mass is 178 g/mol. The number of hydrazine groups is 1. The molecule has 70 valence electrons. The number of hydrogen-bond donors (Lipinski definition) is 3. The van der Waals surface area contributed by atoms with Gasteiger partial charge in [-0.25, -0.2) is 10.8 Å². The lowest BCUT2D eigenvalue weighted by atomic mass is 10.1. The van der Waals surface area contributed by atoms with E-state index in [9.17, 15) is 0 Å². The van der Waals surface area contributed by atoms with Gasteiger partial charge < -0.3 is 5.73 Å². The molecule has 0 heterocycles. The molecule has 1 aromatic carbocycles. The van der Waals surface area contributed by atoms with Crippen molar-refractivity contribution in [1.29, 1.82) is 0 Å². The van der Waals surface area contributed by atoms with E-state index in [1.165, 1.54) is 5.56 Å². The van der Waals surface area contributed by atoms with E-state index >= 15 is 0 Å². The summed E-state index contributed by atoms with van der Waals surface area (Å²) in [6, 6.07) is 5.94. The second-order valence-corrected chi connectivity index (χ2v) is 2.93. The van der Waals surface area contributed by atoms with E-state index in [4.69, 9.17) is 11.6 Å². The number of nitrogens with one attached hydrogen (secondary N) is 1. The summed E-state index contributed by atoms with van der Waals surface area (Å²) >= 11 is 0. The fourth-order valence-corrected chi connectivity index (χ4v) is 1.09. The van der Waals surface area contributed by atoms with Crippen LogP contribution in [0.1, 0.15) is 11.1 Å². The highest BCUT2D eigenvalue weighted by atomic mass is 15.3. The van der Waals surface area contributed by atoms with Crippen LogP contribution in [-0.4, -0.2) is 5.96 Å². The molecule has 0 fully saturated rings. The molecule has 0 saturated heterocycles. The molecule has 0 bridgehead atoms. The maximum Gasteiger partial charge on any atom is 0.208 e. The SMILES string of the molecule is Cc1ccc(N=C(N)NN)c(C)c1. The number of nitrogens with zero attached hydrogens (tertiary/aromatic N) is 1. The predicted molar refractivity (Wildman–Crippen MR) is 54.5 cm³/mol. The van der Waals surface area contributed by atoms with E-state index in [-0.39, 0.29) is 5.96 Å². The van der Waals surface area contributed by atoms with E-state index in [2.05, 4.69) is 10.4 Å². The zero-order chi connectivity index (χ0) is 9.84. The Balaban J connectivity index is 3.03. The first-order valence-corrected chi connectivity index (χ1v) is 4.01. The minimum Gasteiger partial charge on any atom is -0.369 e. The molecule has 1 aromatic rings. The summed E-state index contributed by atoms with van der Waals surface area (Å²) in [5, 5.41) is 0. The molecule has 13 heavy (non-hydrogen) atoms. The highest BCUT2D eigenvalue weighted by Gasteiger charge is 1.96. The van der Waals surface area contributed by atoms with Crippen molar-refractivity contribution in [2.75, 3.05) is 0 Å². The van der Waals surface area contributed by atoms with E-state index in [1.54, 1.807) is 0 Å². The van der Waals surface area contributed by atoms with Gasteiger partial charge in [0.05, 0.1) is 5.69 Å². The van der Waals surface area contributed by atoms with Gasteiger partial charge in [0.25, 0.3) is 0 Å². The lowest BCUT2D eigenvalue weighted by Crippen LogP contribution is -2.36. The van der Waals surface area contributed by atoms with Crippen LogP contribution in [0.2, 0.25) is 0 Å². The molecule has 0 aromatic heterocycles. The van der Waals surface area contributed by atoms with Gasteiger partial charge in [0.15, 0.2) is 0 Å². The van der Waals surface area contributed by atoms with E-state index in [0.29, 0.717) is 0 Å². The van der Waals surface area contributed by atoms with Gasteiger partial charge in [-0.15, -0.1) is 0 Å². The topological polar surface area (TPSA) is 76.4 Å². The molecule has 0 spiro atoms. The van der Waals surface area contributed by atoms with Crippen LogP contribution in [-0.2, 0) is 0 Å². The standard InChI is InChI=1S/C9H14N4/c1-6-3-4-8(7(2)5-6)12-9(10)13-11/h3-5H,11H2,1-2H3,(H3,10,12,13). The largest absolute Gasteiger partial charge is 0.369 e. The number of benzene rings is 1. The van der Waals surface area contributed by atoms with Gasteiger partial charge in [-0.2, -0.15) is 0 Å². The summed E-state index contributed by atoms with van der Waals surface area (Å²) in [6.07, 6.45) is 0. The van der Waals surface area contributed by atoms with Crippen molar-refractivity contribution in [3.63, 3.8) is 0 Å². The van der Waals surface area contributed by atoms with Gasteiger partial charge in [0, 0.05) is 0 Å². The van der Waals surface area contributed by atoms with Gasteiger partial charge in [-0.05, 0) is 25.5 Å². The van der Waals surface area contributed by atoms with Crippen molar-refractivity contribution < 1.29 is 0 Å². The molecule has 0 aliphatic rings. The number of hydrogen-bond acceptors (Lipinski definition) is 2. The van der Waals surface area contributed by atoms with Gasteiger partial charge in [0.2, 0.25) is 5.96 Å². The van der Waals surface area contributed by atoms with Crippen molar-refractivity contribution in [2.24, 2.45) is 16.6 Å². The Morgan fingerprint density at radius 3 is 2.62 bits per heavy atom. The fourth-order valence-electron chi connectivity index (χ4n) is 1.09. The molecule has 0 unspecified atom stereocenters. The highest BCUT2D eigenvalue weighted by Crippen LogP contribution is 2.18. The second kappa shape index (κ2) is 3.91. The van der Waals surface area contributed by atoms with Crippen LogP contribution in [0.3, 0.4) is 0 Å². The minimum absolute atomic E-state index is 0.215. The first-order chi connectivity index (χ1) is 6.13. The van der Waals surface area contributed by atoms with Crippen LogP contribution < -0.4 is 17.0 Å². The molecule has 0 saturated carbocycles. The summed E-state index contributed by atoms with van der Waals surface area (Å²) in [4.78, 5) is 4.08. The molecule has 1 rings (SSSR count). The van der Waals surface area contributed by atoms with Crippen LogP contribution in [0.4, 0.5) is 5.69 Å². The average molecular weight is 178 g/mol. The summed E-state index contributed by atoms with van der Waals surface area (Å²) < 4.78 is 0. The van der Waals surface area contributed by atoms with Gasteiger partial charge >= 0.3 is 0 Å². The molecule has 0 aliphatic heterocycles. The molecule has 4 nitrogen and oxygen atoms in total. The van der Waals surface area contributed by atoms with E-state index < -0.39 is 0 Å². The Hall–Kier alpha value is -1.55. The Bertz CT molecular complexity index is 330. The third kappa shape index (κ3) is 2.45. The first-order valence-electron chi connectivity index (χ1n) is 4.01. The van der Waals surface area contributed by atoms with Gasteiger partial charge in [0.1, 0.15) is 0 Å². The van der Waals surface area contributed by atoms with E-state index in [0.717, 1.165) is 11.3 Å². The van der Waals surface area contributed by atoms with Crippen molar-refractivity contribution in [1.82, 2.24) is 5.43 Å². The van der Waals surface area contributed by atoms with Gasteiger partial charge in [-0.3, -0.25) is 5.43 Å². The lowest BCUT2D eigenvalue weighted by Gasteiger charge is -2.03. The molecule has 0 aliphatic carbocycles. The predicted octanol–water partition coefficient (Wildman–Crippen LogP) is 0.713. The summed E-state index contributed by atoms with van der Waals surface area (Å²) in [6.45, 7) is 4.01. The van der Waals surface area contributed by atoms with Crippen LogP contribution >= 0.6 is 0 Å². The van der Waals surface area contributed by atoms with Crippen LogP contribution in [0.25, 0.3) is 0 Å². The minimum atomic E-state index is 0.215. The van der Waals surface area contributed by atoms with Crippen molar-refractivity contribution in [3.8, 4) is 0 Å². The number of nitrogens with two attached hydrogens (primary N) is 2. The zero-order valence-corrected chi connectivity index (χ0v) is 7.83. The van der Waals surface area contributed by atoms with Crippen molar-refractivity contribution in [2.45, 2.75) is 13.8 Å². The Labute approximate surface area is 77.6 Å². The number of rotatable bonds is 1. The maximum atomic E-state index is 5.43. The molecule has 4 heteroatoms. The lowest BCUT2D eigenvalue weighted by molar-refractivity contribution is 1.01. The van der Waals surface area contributed by atoms with E-state index in [1.807, 2.05) is 32.0 Å². The number of aryl methyl sites for hydroxylation is 2. The van der Waals surface area contributed by atoms with Gasteiger partial charge in [-0.1, -0.05) is 17.7 Å². The van der Waals surface area contributed by atoms with Crippen LogP contribution in [0.15, 0.2) is 23.2 Å². The first kappa shape index (κ1) is 9.54. The smallest absolute Gasteiger partial charge is 0.208 e. The maximum absolute atomic E-state index is 5.43. The number of aliphatic imine (C=N–C) groups is 1. The third-order valence-electron chi connectivity index (χ3n) is 1.74. The normalized spacial score (nSPS) is 11.5. The van der Waals surface area contributed by atoms with Crippen molar-refractivity contribution in [3.05, 3.63) is 29.3 Å². The molecule has 0 atom stereocenters. The Morgan fingerprint density at radius 1 is 1.38 bits per heavy atom. The molecular weight excluding hydrogens is 164 g/mol. The summed E-state index contributed by atoms with van der Waals surface area (Å²) in [5.41, 5.74) is 10.8. The zero-order valence-electron chi connectivity index (χ0n) is 7.83. The van der Waals surface area contributed by atoms with Crippen molar-refractivity contribution >= 4 is 11.6 Å². The summed E-state index contributed by atoms with van der Waals surface area (Å²) in [7, 11) is 0. The molecule has 5 N–H and O–H groups in total. The fraction of sp³-hybridized carbons (Fsp3) is 0.222. The summed E-state index contributed by atoms with van der Waals surface area (Å²) in [5.74, 6) is 5.31. The highest BCUT2D eigenvalue weighted by molar-refractivity contribution is 5.80. The molecule has 0 amide bonds. The van der Waals surface area contributed by atoms with Crippen LogP contribution in [0, 0.1) is 13.8 Å².